The van der Waals surface area contributed by atoms with E-state index in [2.05, 4.69) is 26.9 Å². The summed E-state index contributed by atoms with van der Waals surface area (Å²) in [6.45, 7) is 6.85. The van der Waals surface area contributed by atoms with E-state index in [1.807, 2.05) is 69.1 Å². The molecule has 1 aromatic heterocycles. The number of fused-ring (bicyclic) bond motifs is 6. The first-order valence-corrected chi connectivity index (χ1v) is 10.8. The number of nitrogens with one attached hydrogen (secondary N) is 1. The minimum Gasteiger partial charge on any atom is -0.350 e. The Morgan fingerprint density at radius 3 is 2.58 bits per heavy atom. The van der Waals surface area contributed by atoms with Crippen LogP contribution in [0.3, 0.4) is 0 Å². The van der Waals surface area contributed by atoms with E-state index in [0.717, 1.165) is 28.9 Å². The molecule has 1 N–H and O–H groups in total. The molecule has 3 aromatic rings. The van der Waals surface area contributed by atoms with Crippen LogP contribution in [0.25, 0.3) is 10.9 Å². The molecule has 0 aliphatic carbocycles. The zero-order valence-corrected chi connectivity index (χ0v) is 18.5. The lowest BCUT2D eigenvalue weighted by Crippen LogP contribution is -2.52. The van der Waals surface area contributed by atoms with Crippen molar-refractivity contribution < 1.29 is 9.59 Å². The average molecular weight is 417 g/mol. The second-order valence-electron chi connectivity index (χ2n) is 9.52. The van der Waals surface area contributed by atoms with Gasteiger partial charge >= 0.3 is 0 Å². The first kappa shape index (κ1) is 19.7. The van der Waals surface area contributed by atoms with Gasteiger partial charge in [0.1, 0.15) is 12.7 Å². The Hall–Kier alpha value is -3.28. The standard InChI is InChI=1S/C25H28N4O2/c1-25(2,3)26-21(30)15-29-20-12-8-5-9-16(20)17-13-14-28-23(22(17)29)27(4)19-11-7-6-10-18(19)24(28)31/h5-12,23H,13-15H2,1-4H3,(H,26,30). The van der Waals surface area contributed by atoms with Gasteiger partial charge in [-0.1, -0.05) is 30.3 Å². The summed E-state index contributed by atoms with van der Waals surface area (Å²) in [7, 11) is 2.04. The van der Waals surface area contributed by atoms with Gasteiger partial charge in [0.2, 0.25) is 5.91 Å². The Morgan fingerprint density at radius 2 is 1.81 bits per heavy atom. The van der Waals surface area contributed by atoms with Crippen molar-refractivity contribution in [2.75, 3.05) is 18.5 Å². The van der Waals surface area contributed by atoms with Gasteiger partial charge in [-0.3, -0.25) is 9.59 Å². The number of amides is 2. The van der Waals surface area contributed by atoms with E-state index in [9.17, 15) is 9.59 Å². The Balaban J connectivity index is 1.68. The largest absolute Gasteiger partial charge is 0.350 e. The molecule has 6 heteroatoms. The lowest BCUT2D eigenvalue weighted by molar-refractivity contribution is -0.123. The van der Waals surface area contributed by atoms with Gasteiger partial charge in [-0.15, -0.1) is 0 Å². The summed E-state index contributed by atoms with van der Waals surface area (Å²) in [5.41, 5.74) is 4.68. The van der Waals surface area contributed by atoms with Crippen LogP contribution in [0.2, 0.25) is 0 Å². The molecule has 2 aliphatic rings. The number of carbonyl (C=O) groups excluding carboxylic acids is 2. The highest BCUT2D eigenvalue weighted by molar-refractivity contribution is 6.02. The minimum absolute atomic E-state index is 0.0293. The average Bonchev–Trinajstić information content (AvgIpc) is 3.04. The molecule has 1 unspecified atom stereocenters. The van der Waals surface area contributed by atoms with Gasteiger partial charge in [0.15, 0.2) is 0 Å². The Bertz CT molecular complexity index is 1200. The zero-order chi connectivity index (χ0) is 21.9. The van der Waals surface area contributed by atoms with Gasteiger partial charge < -0.3 is 19.7 Å². The van der Waals surface area contributed by atoms with Crippen molar-refractivity contribution in [2.24, 2.45) is 0 Å². The van der Waals surface area contributed by atoms with Crippen LogP contribution >= 0.6 is 0 Å². The van der Waals surface area contributed by atoms with Crippen LogP contribution in [0, 0.1) is 0 Å². The second-order valence-corrected chi connectivity index (χ2v) is 9.52. The second kappa shape index (κ2) is 6.87. The fourth-order valence-electron chi connectivity index (χ4n) is 5.08. The van der Waals surface area contributed by atoms with Gasteiger partial charge in [-0.2, -0.15) is 0 Å². The van der Waals surface area contributed by atoms with E-state index in [4.69, 9.17) is 0 Å². The third kappa shape index (κ3) is 3.09. The molecule has 0 saturated carbocycles. The number of nitrogens with zero attached hydrogens (tertiary/aromatic N) is 3. The lowest BCUT2D eigenvalue weighted by Gasteiger charge is -2.46. The molecule has 3 heterocycles. The van der Waals surface area contributed by atoms with E-state index in [-0.39, 0.29) is 30.1 Å². The molecule has 6 nitrogen and oxygen atoms in total. The van der Waals surface area contributed by atoms with Crippen molar-refractivity contribution in [1.29, 1.82) is 0 Å². The Labute approximate surface area is 182 Å². The highest BCUT2D eigenvalue weighted by Gasteiger charge is 2.42. The SMILES string of the molecule is CN1c2ccccc2C(=O)N2CCc3c(n(CC(=O)NC(C)(C)C)c4ccccc34)C21. The van der Waals surface area contributed by atoms with Crippen LogP contribution in [-0.2, 0) is 17.8 Å². The molecule has 31 heavy (non-hydrogen) atoms. The molecule has 2 aliphatic heterocycles. The van der Waals surface area contributed by atoms with Gasteiger partial charge in [-0.25, -0.2) is 0 Å². The number of para-hydroxylation sites is 2. The van der Waals surface area contributed by atoms with Gasteiger partial charge in [0.05, 0.1) is 16.9 Å². The topological polar surface area (TPSA) is 57.6 Å². The minimum atomic E-state index is -0.303. The van der Waals surface area contributed by atoms with Gasteiger partial charge in [-0.05, 0) is 51.0 Å². The predicted molar refractivity (Wildman–Crippen MR) is 122 cm³/mol. The molecule has 2 aromatic carbocycles. The van der Waals surface area contributed by atoms with E-state index >= 15 is 0 Å². The van der Waals surface area contributed by atoms with E-state index < -0.39 is 0 Å². The van der Waals surface area contributed by atoms with E-state index in [0.29, 0.717) is 6.54 Å². The normalized spacial score (nSPS) is 17.9. The summed E-state index contributed by atoms with van der Waals surface area (Å²) >= 11 is 0. The van der Waals surface area contributed by atoms with Crippen molar-refractivity contribution in [1.82, 2.24) is 14.8 Å². The van der Waals surface area contributed by atoms with Gasteiger partial charge in [0.25, 0.3) is 5.91 Å². The number of rotatable bonds is 2. The zero-order valence-electron chi connectivity index (χ0n) is 18.5. The van der Waals surface area contributed by atoms with Crippen LogP contribution in [-0.4, -0.2) is 40.4 Å². The Kier molecular flexibility index (Phi) is 4.36. The molecular weight excluding hydrogens is 388 g/mol. The van der Waals surface area contributed by atoms with E-state index in [1.54, 1.807) is 0 Å². The van der Waals surface area contributed by atoms with Crippen LogP contribution in [0.5, 0.6) is 0 Å². The predicted octanol–water partition coefficient (Wildman–Crippen LogP) is 3.70. The summed E-state index contributed by atoms with van der Waals surface area (Å²) in [5, 5.41) is 4.25. The van der Waals surface area contributed by atoms with Crippen molar-refractivity contribution in [3.8, 4) is 0 Å². The van der Waals surface area contributed by atoms with Crippen LogP contribution in [0.4, 0.5) is 5.69 Å². The number of hydrogen-bond acceptors (Lipinski definition) is 3. The molecule has 2 amide bonds. The molecule has 0 saturated heterocycles. The molecular formula is C25H28N4O2. The summed E-state index contributed by atoms with van der Waals surface area (Å²) in [4.78, 5) is 30.4. The maximum absolute atomic E-state index is 13.4. The number of carbonyl (C=O) groups is 2. The quantitative estimate of drug-likeness (QED) is 0.693. The first-order chi connectivity index (χ1) is 14.8. The van der Waals surface area contributed by atoms with Crippen molar-refractivity contribution in [3.63, 3.8) is 0 Å². The maximum Gasteiger partial charge on any atom is 0.257 e. The number of hydrogen-bond donors (Lipinski definition) is 1. The lowest BCUT2D eigenvalue weighted by atomic mass is 9.96. The van der Waals surface area contributed by atoms with Crippen molar-refractivity contribution in [3.05, 3.63) is 65.4 Å². The number of anilines is 1. The van der Waals surface area contributed by atoms with Crippen LogP contribution < -0.4 is 10.2 Å². The molecule has 0 spiro atoms. The molecule has 0 fully saturated rings. The Morgan fingerprint density at radius 1 is 1.10 bits per heavy atom. The maximum atomic E-state index is 13.4. The fourth-order valence-corrected chi connectivity index (χ4v) is 5.08. The number of aromatic nitrogens is 1. The highest BCUT2D eigenvalue weighted by atomic mass is 16.2. The summed E-state index contributed by atoms with van der Waals surface area (Å²) in [5.74, 6) is 0.0265. The molecule has 1 atom stereocenters. The van der Waals surface area contributed by atoms with Crippen molar-refractivity contribution in [2.45, 2.75) is 45.4 Å². The first-order valence-electron chi connectivity index (χ1n) is 10.8. The molecule has 160 valence electrons. The molecule has 5 rings (SSSR count). The smallest absolute Gasteiger partial charge is 0.257 e. The van der Waals surface area contributed by atoms with Crippen LogP contribution in [0.15, 0.2) is 48.5 Å². The third-order valence-corrected chi connectivity index (χ3v) is 6.22. The third-order valence-electron chi connectivity index (χ3n) is 6.22. The summed E-state index contributed by atoms with van der Waals surface area (Å²) < 4.78 is 2.11. The highest BCUT2D eigenvalue weighted by Crippen LogP contribution is 2.44. The van der Waals surface area contributed by atoms with Crippen molar-refractivity contribution >= 4 is 28.4 Å². The van der Waals surface area contributed by atoms with E-state index in [1.165, 1.54) is 10.9 Å². The van der Waals surface area contributed by atoms with Gasteiger partial charge in [0, 0.05) is 30.0 Å². The summed E-state index contributed by atoms with van der Waals surface area (Å²) in [6.07, 6.45) is 0.545. The summed E-state index contributed by atoms with van der Waals surface area (Å²) in [6, 6.07) is 16.0. The molecule has 0 radical (unpaired) electrons. The fraction of sp³-hybridized carbons (Fsp3) is 0.360. The number of benzene rings is 2. The molecule has 0 bridgehead atoms. The van der Waals surface area contributed by atoms with Crippen LogP contribution in [0.1, 0.15) is 48.6 Å². The monoisotopic (exact) mass is 416 g/mol.